The normalized spacial score (nSPS) is 12.3. The van der Waals surface area contributed by atoms with Gasteiger partial charge in [0.05, 0.1) is 12.5 Å². The van der Waals surface area contributed by atoms with Crippen LogP contribution in [0.1, 0.15) is 27.6 Å². The molecule has 0 aliphatic heterocycles. The smallest absolute Gasteiger partial charge is 0.131 e. The van der Waals surface area contributed by atoms with Crippen LogP contribution in [0.3, 0.4) is 0 Å². The molecule has 0 spiro atoms. The van der Waals surface area contributed by atoms with Crippen LogP contribution in [0.25, 0.3) is 0 Å². The summed E-state index contributed by atoms with van der Waals surface area (Å²) in [6, 6.07) is 10.9. The molecule has 19 heavy (non-hydrogen) atoms. The molecule has 0 aliphatic rings. The van der Waals surface area contributed by atoms with Crippen LogP contribution in [0.2, 0.25) is 0 Å². The molecule has 0 saturated carbocycles. The quantitative estimate of drug-likeness (QED) is 0.734. The molecule has 1 atom stereocenters. The van der Waals surface area contributed by atoms with E-state index in [1.807, 2.05) is 31.2 Å². The van der Waals surface area contributed by atoms with Gasteiger partial charge < -0.3 is 4.74 Å². The molecule has 1 nitrogen and oxygen atoms in total. The van der Waals surface area contributed by atoms with Crippen molar-refractivity contribution in [1.29, 1.82) is 0 Å². The summed E-state index contributed by atoms with van der Waals surface area (Å²) in [6.45, 7) is 3.68. The van der Waals surface area contributed by atoms with E-state index < -0.39 is 5.38 Å². The number of benzene rings is 2. The fraction of sp³-hybridized carbons (Fsp3) is 0.250. The highest BCUT2D eigenvalue weighted by Gasteiger charge is 2.18. The third kappa shape index (κ3) is 2.74. The molecule has 1 unspecified atom stereocenters. The minimum atomic E-state index is -0.495. The number of methoxy groups -OCH3 is 1. The molecule has 2 aromatic rings. The maximum atomic E-state index is 14.1. The average Bonchev–Trinajstić information content (AvgIpc) is 2.41. The first-order valence-corrected chi connectivity index (χ1v) is 6.52. The highest BCUT2D eigenvalue weighted by atomic mass is 35.5. The number of hydrogen-bond donors (Lipinski definition) is 0. The van der Waals surface area contributed by atoms with Crippen molar-refractivity contribution in [3.05, 3.63) is 64.5 Å². The lowest BCUT2D eigenvalue weighted by atomic mass is 9.98. The van der Waals surface area contributed by atoms with Crippen molar-refractivity contribution in [2.45, 2.75) is 19.2 Å². The summed E-state index contributed by atoms with van der Waals surface area (Å²) in [5, 5.41) is -0.495. The minimum Gasteiger partial charge on any atom is -0.497 e. The fourth-order valence-corrected chi connectivity index (χ4v) is 2.51. The van der Waals surface area contributed by atoms with E-state index in [2.05, 4.69) is 0 Å². The molecule has 0 N–H and O–H groups in total. The standard InChI is InChI=1S/C16H16ClFO/c1-10-5-4-6-14(16(10)18)15(17)13-8-7-12(19-3)9-11(13)2/h4-9,15H,1-3H3. The summed E-state index contributed by atoms with van der Waals surface area (Å²) in [5.74, 6) is 0.535. The maximum Gasteiger partial charge on any atom is 0.131 e. The van der Waals surface area contributed by atoms with E-state index in [9.17, 15) is 4.39 Å². The Bertz CT molecular complexity index is 595. The second-order valence-electron chi connectivity index (χ2n) is 4.56. The molecule has 3 heteroatoms. The number of rotatable bonds is 3. The van der Waals surface area contributed by atoms with E-state index in [0.717, 1.165) is 16.9 Å². The first kappa shape index (κ1) is 13.9. The Labute approximate surface area is 118 Å². The first-order valence-electron chi connectivity index (χ1n) is 6.08. The Morgan fingerprint density at radius 1 is 1.05 bits per heavy atom. The third-order valence-electron chi connectivity index (χ3n) is 3.24. The zero-order valence-corrected chi connectivity index (χ0v) is 12.0. The second-order valence-corrected chi connectivity index (χ2v) is 5.00. The zero-order chi connectivity index (χ0) is 14.0. The monoisotopic (exact) mass is 278 g/mol. The number of alkyl halides is 1. The van der Waals surface area contributed by atoms with Gasteiger partial charge in [0.15, 0.2) is 0 Å². The number of hydrogen-bond acceptors (Lipinski definition) is 1. The molecule has 0 amide bonds. The SMILES string of the molecule is COc1ccc(C(Cl)c2cccc(C)c2F)c(C)c1. The molecule has 0 aliphatic carbocycles. The molecule has 0 fully saturated rings. The molecule has 0 heterocycles. The van der Waals surface area contributed by atoms with E-state index in [-0.39, 0.29) is 5.82 Å². The van der Waals surface area contributed by atoms with E-state index in [4.69, 9.17) is 16.3 Å². The average molecular weight is 279 g/mol. The van der Waals surface area contributed by atoms with Gasteiger partial charge in [0.25, 0.3) is 0 Å². The van der Waals surface area contributed by atoms with Crippen molar-refractivity contribution in [2.75, 3.05) is 7.11 Å². The van der Waals surface area contributed by atoms with Crippen LogP contribution < -0.4 is 4.74 Å². The summed E-state index contributed by atoms with van der Waals surface area (Å²) in [4.78, 5) is 0. The Morgan fingerprint density at radius 3 is 2.42 bits per heavy atom. The van der Waals surface area contributed by atoms with Gasteiger partial charge in [-0.05, 0) is 42.7 Å². The lowest BCUT2D eigenvalue weighted by molar-refractivity contribution is 0.414. The van der Waals surface area contributed by atoms with Crippen molar-refractivity contribution in [2.24, 2.45) is 0 Å². The van der Waals surface area contributed by atoms with Crippen LogP contribution in [0.4, 0.5) is 4.39 Å². The van der Waals surface area contributed by atoms with E-state index >= 15 is 0 Å². The molecule has 0 aromatic heterocycles. The van der Waals surface area contributed by atoms with Gasteiger partial charge in [-0.15, -0.1) is 11.6 Å². The van der Waals surface area contributed by atoms with Gasteiger partial charge in [0.2, 0.25) is 0 Å². The molecular formula is C16H16ClFO. The largest absolute Gasteiger partial charge is 0.497 e. The van der Waals surface area contributed by atoms with Crippen molar-refractivity contribution < 1.29 is 9.13 Å². The molecular weight excluding hydrogens is 263 g/mol. The van der Waals surface area contributed by atoms with Crippen molar-refractivity contribution in [3.63, 3.8) is 0 Å². The van der Waals surface area contributed by atoms with Gasteiger partial charge in [0.1, 0.15) is 11.6 Å². The Kier molecular flexibility index (Phi) is 4.11. The molecule has 2 rings (SSSR count). The van der Waals surface area contributed by atoms with Crippen LogP contribution in [0, 0.1) is 19.7 Å². The Morgan fingerprint density at radius 2 is 1.79 bits per heavy atom. The second kappa shape index (κ2) is 5.62. The number of ether oxygens (including phenoxy) is 1. The van der Waals surface area contributed by atoms with Crippen molar-refractivity contribution in [1.82, 2.24) is 0 Å². The van der Waals surface area contributed by atoms with Gasteiger partial charge in [-0.1, -0.05) is 24.3 Å². The molecule has 0 saturated heterocycles. The Hall–Kier alpha value is -1.54. The molecule has 0 radical (unpaired) electrons. The van der Waals surface area contributed by atoms with Gasteiger partial charge >= 0.3 is 0 Å². The van der Waals surface area contributed by atoms with Gasteiger partial charge in [0, 0.05) is 5.56 Å². The van der Waals surface area contributed by atoms with Gasteiger partial charge in [-0.3, -0.25) is 0 Å². The van der Waals surface area contributed by atoms with Crippen LogP contribution in [0.15, 0.2) is 36.4 Å². The summed E-state index contributed by atoms with van der Waals surface area (Å²) < 4.78 is 19.3. The predicted molar refractivity (Wildman–Crippen MR) is 76.6 cm³/mol. The van der Waals surface area contributed by atoms with Gasteiger partial charge in [-0.25, -0.2) is 4.39 Å². The Balaban J connectivity index is 2.44. The summed E-state index contributed by atoms with van der Waals surface area (Å²) in [5.41, 5.74) is 3.00. The van der Waals surface area contributed by atoms with Crippen LogP contribution in [-0.4, -0.2) is 7.11 Å². The molecule has 2 aromatic carbocycles. The lowest BCUT2D eigenvalue weighted by Crippen LogP contribution is -2.01. The predicted octanol–water partition coefficient (Wildman–Crippen LogP) is 4.78. The van der Waals surface area contributed by atoms with Gasteiger partial charge in [-0.2, -0.15) is 0 Å². The lowest BCUT2D eigenvalue weighted by Gasteiger charge is -2.15. The van der Waals surface area contributed by atoms with E-state index in [1.165, 1.54) is 0 Å². The summed E-state index contributed by atoms with van der Waals surface area (Å²) >= 11 is 6.43. The summed E-state index contributed by atoms with van der Waals surface area (Å²) in [6.07, 6.45) is 0. The third-order valence-corrected chi connectivity index (χ3v) is 3.71. The van der Waals surface area contributed by atoms with Crippen molar-refractivity contribution >= 4 is 11.6 Å². The van der Waals surface area contributed by atoms with Crippen LogP contribution in [-0.2, 0) is 0 Å². The van der Waals surface area contributed by atoms with E-state index in [1.54, 1.807) is 26.2 Å². The number of aryl methyl sites for hydroxylation is 2. The van der Waals surface area contributed by atoms with Crippen LogP contribution >= 0.6 is 11.6 Å². The zero-order valence-electron chi connectivity index (χ0n) is 11.2. The van der Waals surface area contributed by atoms with Crippen molar-refractivity contribution in [3.8, 4) is 5.75 Å². The summed E-state index contributed by atoms with van der Waals surface area (Å²) in [7, 11) is 1.62. The molecule has 100 valence electrons. The minimum absolute atomic E-state index is 0.238. The fourth-order valence-electron chi connectivity index (χ4n) is 2.09. The molecule has 0 bridgehead atoms. The highest BCUT2D eigenvalue weighted by Crippen LogP contribution is 2.34. The topological polar surface area (TPSA) is 9.23 Å². The maximum absolute atomic E-state index is 14.1. The number of halogens is 2. The first-order chi connectivity index (χ1) is 9.04. The van der Waals surface area contributed by atoms with E-state index in [0.29, 0.717) is 11.1 Å². The van der Waals surface area contributed by atoms with Crippen LogP contribution in [0.5, 0.6) is 5.75 Å². The highest BCUT2D eigenvalue weighted by molar-refractivity contribution is 6.22.